The van der Waals surface area contributed by atoms with E-state index in [2.05, 4.69) is 10.3 Å². The van der Waals surface area contributed by atoms with Crippen molar-refractivity contribution in [2.24, 2.45) is 0 Å². The topological polar surface area (TPSA) is 72.6 Å². The van der Waals surface area contributed by atoms with Crippen LogP contribution in [0.15, 0.2) is 42.5 Å². The number of rotatable bonds is 7. The van der Waals surface area contributed by atoms with Crippen molar-refractivity contribution < 1.29 is 19.0 Å². The molecule has 0 spiro atoms. The number of ether oxygens (including phenoxy) is 3. The van der Waals surface area contributed by atoms with Gasteiger partial charge in [0, 0.05) is 23.5 Å². The number of nitrogens with one attached hydrogen (secondary N) is 2. The minimum absolute atomic E-state index is 0.138. The number of aromatic nitrogens is 1. The molecule has 0 fully saturated rings. The molecule has 2 N–H and O–H groups in total. The second kappa shape index (κ2) is 7.82. The van der Waals surface area contributed by atoms with Gasteiger partial charge < -0.3 is 24.5 Å². The van der Waals surface area contributed by atoms with Crippen molar-refractivity contribution in [1.82, 2.24) is 10.3 Å². The molecule has 0 unspecified atom stereocenters. The van der Waals surface area contributed by atoms with Gasteiger partial charge in [0.15, 0.2) is 11.5 Å². The monoisotopic (exact) mass is 354 g/mol. The van der Waals surface area contributed by atoms with Gasteiger partial charge in [0.2, 0.25) is 0 Å². The molecule has 136 valence electrons. The maximum atomic E-state index is 12.4. The largest absolute Gasteiger partial charge is 0.497 e. The SMILES string of the molecule is COc1ccc2cc(C(=O)NCCc3ccc(OC)c(OC)c3)[nH]c2c1. The van der Waals surface area contributed by atoms with Crippen molar-refractivity contribution in [3.8, 4) is 17.2 Å². The van der Waals surface area contributed by atoms with E-state index in [1.807, 2.05) is 42.5 Å². The first-order valence-electron chi connectivity index (χ1n) is 8.30. The van der Waals surface area contributed by atoms with Gasteiger partial charge in [-0.25, -0.2) is 0 Å². The number of H-pyrrole nitrogens is 1. The number of benzene rings is 2. The molecule has 2 aromatic carbocycles. The van der Waals surface area contributed by atoms with Crippen molar-refractivity contribution in [3.05, 3.63) is 53.7 Å². The average Bonchev–Trinajstić information content (AvgIpc) is 3.11. The molecule has 1 aromatic heterocycles. The average molecular weight is 354 g/mol. The van der Waals surface area contributed by atoms with Gasteiger partial charge in [-0.1, -0.05) is 6.07 Å². The van der Waals surface area contributed by atoms with Gasteiger partial charge in [0.05, 0.1) is 21.3 Å². The van der Waals surface area contributed by atoms with Gasteiger partial charge in [0.25, 0.3) is 5.91 Å². The van der Waals surface area contributed by atoms with Gasteiger partial charge in [-0.15, -0.1) is 0 Å². The first kappa shape index (κ1) is 17.7. The van der Waals surface area contributed by atoms with Crippen LogP contribution in [0.5, 0.6) is 17.2 Å². The van der Waals surface area contributed by atoms with E-state index < -0.39 is 0 Å². The van der Waals surface area contributed by atoms with Crippen LogP contribution in [0.4, 0.5) is 0 Å². The van der Waals surface area contributed by atoms with E-state index in [1.165, 1.54) is 0 Å². The Morgan fingerprint density at radius 3 is 2.50 bits per heavy atom. The Labute approximate surface area is 152 Å². The molecule has 3 rings (SSSR count). The normalized spacial score (nSPS) is 10.6. The van der Waals surface area contributed by atoms with Crippen LogP contribution >= 0.6 is 0 Å². The van der Waals surface area contributed by atoms with Crippen LogP contribution < -0.4 is 19.5 Å². The molecule has 26 heavy (non-hydrogen) atoms. The summed E-state index contributed by atoms with van der Waals surface area (Å²) in [5.41, 5.74) is 2.46. The smallest absolute Gasteiger partial charge is 0.267 e. The van der Waals surface area contributed by atoms with E-state index >= 15 is 0 Å². The van der Waals surface area contributed by atoms with Gasteiger partial charge >= 0.3 is 0 Å². The van der Waals surface area contributed by atoms with E-state index in [-0.39, 0.29) is 5.91 Å². The maximum absolute atomic E-state index is 12.4. The molecular weight excluding hydrogens is 332 g/mol. The number of amides is 1. The first-order valence-corrected chi connectivity index (χ1v) is 8.30. The molecule has 1 amide bonds. The lowest BCUT2D eigenvalue weighted by molar-refractivity contribution is 0.0950. The summed E-state index contributed by atoms with van der Waals surface area (Å²) in [6, 6.07) is 13.2. The quantitative estimate of drug-likeness (QED) is 0.684. The lowest BCUT2D eigenvalue weighted by Gasteiger charge is -2.10. The zero-order valence-electron chi connectivity index (χ0n) is 15.1. The molecule has 0 radical (unpaired) electrons. The van der Waals surface area contributed by atoms with E-state index in [0.717, 1.165) is 22.2 Å². The number of carbonyl (C=O) groups is 1. The molecule has 0 aliphatic rings. The molecular formula is C20H22N2O4. The third kappa shape index (κ3) is 3.74. The second-order valence-corrected chi connectivity index (χ2v) is 5.83. The minimum atomic E-state index is -0.138. The van der Waals surface area contributed by atoms with Crippen LogP contribution in [0.2, 0.25) is 0 Å². The fourth-order valence-electron chi connectivity index (χ4n) is 2.81. The van der Waals surface area contributed by atoms with Crippen LogP contribution in [0.3, 0.4) is 0 Å². The summed E-state index contributed by atoms with van der Waals surface area (Å²) >= 11 is 0. The first-order chi connectivity index (χ1) is 12.6. The zero-order chi connectivity index (χ0) is 18.5. The molecule has 0 atom stereocenters. The highest BCUT2D eigenvalue weighted by Gasteiger charge is 2.10. The Balaban J connectivity index is 1.62. The summed E-state index contributed by atoms with van der Waals surface area (Å²) in [5.74, 6) is 1.98. The summed E-state index contributed by atoms with van der Waals surface area (Å²) in [4.78, 5) is 15.5. The Morgan fingerprint density at radius 2 is 1.77 bits per heavy atom. The Bertz CT molecular complexity index is 917. The Kier molecular flexibility index (Phi) is 5.31. The predicted octanol–water partition coefficient (Wildman–Crippen LogP) is 3.17. The third-order valence-corrected chi connectivity index (χ3v) is 4.22. The summed E-state index contributed by atoms with van der Waals surface area (Å²) in [6.45, 7) is 0.521. The lowest BCUT2D eigenvalue weighted by Crippen LogP contribution is -2.25. The van der Waals surface area contributed by atoms with Crippen molar-refractivity contribution in [2.75, 3.05) is 27.9 Å². The molecule has 0 saturated carbocycles. The summed E-state index contributed by atoms with van der Waals surface area (Å²) in [6.07, 6.45) is 0.695. The molecule has 3 aromatic rings. The molecule has 0 aliphatic carbocycles. The van der Waals surface area contributed by atoms with E-state index in [0.29, 0.717) is 30.2 Å². The van der Waals surface area contributed by atoms with E-state index in [1.54, 1.807) is 21.3 Å². The fourth-order valence-corrected chi connectivity index (χ4v) is 2.81. The standard InChI is InChI=1S/C20H22N2O4/c1-24-15-6-5-14-11-17(22-16(14)12-15)20(23)21-9-8-13-4-7-18(25-2)19(10-13)26-3/h4-7,10-12,22H,8-9H2,1-3H3,(H,21,23). The second-order valence-electron chi connectivity index (χ2n) is 5.83. The molecule has 6 nitrogen and oxygen atoms in total. The molecule has 0 aliphatic heterocycles. The van der Waals surface area contributed by atoms with Gasteiger partial charge in [-0.3, -0.25) is 4.79 Å². The zero-order valence-corrected chi connectivity index (χ0v) is 15.1. The summed E-state index contributed by atoms with van der Waals surface area (Å²) in [7, 11) is 4.83. The number of methoxy groups -OCH3 is 3. The molecule has 1 heterocycles. The predicted molar refractivity (Wildman–Crippen MR) is 100 cm³/mol. The van der Waals surface area contributed by atoms with Crippen LogP contribution in [0.1, 0.15) is 16.1 Å². The van der Waals surface area contributed by atoms with Crippen LogP contribution in [0.25, 0.3) is 10.9 Å². The molecule has 6 heteroatoms. The van der Waals surface area contributed by atoms with Crippen molar-refractivity contribution in [2.45, 2.75) is 6.42 Å². The minimum Gasteiger partial charge on any atom is -0.497 e. The van der Waals surface area contributed by atoms with Crippen LogP contribution in [0, 0.1) is 0 Å². The highest BCUT2D eigenvalue weighted by atomic mass is 16.5. The van der Waals surface area contributed by atoms with Gasteiger partial charge in [0.1, 0.15) is 11.4 Å². The highest BCUT2D eigenvalue weighted by Crippen LogP contribution is 2.27. The molecule has 0 saturated heterocycles. The van der Waals surface area contributed by atoms with Gasteiger partial charge in [-0.05, 0) is 42.3 Å². The van der Waals surface area contributed by atoms with Crippen molar-refractivity contribution in [3.63, 3.8) is 0 Å². The van der Waals surface area contributed by atoms with E-state index in [4.69, 9.17) is 14.2 Å². The van der Waals surface area contributed by atoms with Crippen LogP contribution in [-0.4, -0.2) is 38.8 Å². The number of fused-ring (bicyclic) bond motifs is 1. The number of hydrogen-bond donors (Lipinski definition) is 2. The highest BCUT2D eigenvalue weighted by molar-refractivity contribution is 5.98. The number of aromatic amines is 1. The Morgan fingerprint density at radius 1 is 0.962 bits per heavy atom. The summed E-state index contributed by atoms with van der Waals surface area (Å²) in [5, 5.41) is 3.90. The molecule has 0 bridgehead atoms. The lowest BCUT2D eigenvalue weighted by atomic mass is 10.1. The van der Waals surface area contributed by atoms with Gasteiger partial charge in [-0.2, -0.15) is 0 Å². The van der Waals surface area contributed by atoms with Crippen molar-refractivity contribution >= 4 is 16.8 Å². The number of hydrogen-bond acceptors (Lipinski definition) is 4. The summed E-state index contributed by atoms with van der Waals surface area (Å²) < 4.78 is 15.7. The third-order valence-electron chi connectivity index (χ3n) is 4.22. The Hall–Kier alpha value is -3.15. The number of carbonyl (C=O) groups excluding carboxylic acids is 1. The van der Waals surface area contributed by atoms with E-state index in [9.17, 15) is 4.79 Å². The fraction of sp³-hybridized carbons (Fsp3) is 0.250. The van der Waals surface area contributed by atoms with Crippen molar-refractivity contribution in [1.29, 1.82) is 0 Å². The maximum Gasteiger partial charge on any atom is 0.267 e. The van der Waals surface area contributed by atoms with Crippen LogP contribution in [-0.2, 0) is 6.42 Å².